The standard InChI is InChI=1S/C16H18ClNO3/c17-13-5-4-10-6-7-18(14(10)9-13)15(19)11-2-1-3-12(8-11)16(20)21/h4-5,9,11-12H,1-3,6-8H2,(H,20,21). The molecule has 4 nitrogen and oxygen atoms in total. The summed E-state index contributed by atoms with van der Waals surface area (Å²) in [5, 5.41) is 9.78. The largest absolute Gasteiger partial charge is 0.481 e. The zero-order valence-corrected chi connectivity index (χ0v) is 12.5. The van der Waals surface area contributed by atoms with E-state index in [1.807, 2.05) is 18.2 Å². The summed E-state index contributed by atoms with van der Waals surface area (Å²) >= 11 is 6.03. The molecule has 0 spiro atoms. The molecule has 1 saturated carbocycles. The highest BCUT2D eigenvalue weighted by Crippen LogP contribution is 2.36. The number of amides is 1. The maximum Gasteiger partial charge on any atom is 0.306 e. The lowest BCUT2D eigenvalue weighted by Crippen LogP contribution is -2.38. The summed E-state index contributed by atoms with van der Waals surface area (Å²) < 4.78 is 0. The molecule has 1 N–H and O–H groups in total. The van der Waals surface area contributed by atoms with Crippen LogP contribution in [0.5, 0.6) is 0 Å². The van der Waals surface area contributed by atoms with E-state index < -0.39 is 5.97 Å². The number of hydrogen-bond acceptors (Lipinski definition) is 2. The third kappa shape index (κ3) is 2.77. The van der Waals surface area contributed by atoms with Crippen LogP contribution in [0.2, 0.25) is 5.02 Å². The van der Waals surface area contributed by atoms with Gasteiger partial charge in [0.15, 0.2) is 0 Å². The molecule has 2 atom stereocenters. The fraction of sp³-hybridized carbons (Fsp3) is 0.500. The predicted molar refractivity (Wildman–Crippen MR) is 80.6 cm³/mol. The molecular weight excluding hydrogens is 290 g/mol. The van der Waals surface area contributed by atoms with Crippen LogP contribution in [-0.4, -0.2) is 23.5 Å². The molecule has 0 saturated heterocycles. The van der Waals surface area contributed by atoms with E-state index in [9.17, 15) is 9.59 Å². The van der Waals surface area contributed by atoms with Crippen LogP contribution in [0.15, 0.2) is 18.2 Å². The summed E-state index contributed by atoms with van der Waals surface area (Å²) in [4.78, 5) is 25.7. The van der Waals surface area contributed by atoms with Gasteiger partial charge in [0.1, 0.15) is 0 Å². The van der Waals surface area contributed by atoms with Crippen molar-refractivity contribution in [1.82, 2.24) is 0 Å². The number of rotatable bonds is 2. The highest BCUT2D eigenvalue weighted by Gasteiger charge is 2.35. The van der Waals surface area contributed by atoms with Crippen molar-refractivity contribution < 1.29 is 14.7 Å². The van der Waals surface area contributed by atoms with E-state index in [4.69, 9.17) is 16.7 Å². The predicted octanol–water partition coefficient (Wildman–Crippen LogP) is 3.12. The average molecular weight is 308 g/mol. The van der Waals surface area contributed by atoms with Crippen LogP contribution in [0.4, 0.5) is 5.69 Å². The smallest absolute Gasteiger partial charge is 0.306 e. The summed E-state index contributed by atoms with van der Waals surface area (Å²) in [6.07, 6.45) is 3.58. The molecule has 5 heteroatoms. The fourth-order valence-corrected chi connectivity index (χ4v) is 3.61. The topological polar surface area (TPSA) is 57.6 Å². The first-order valence-corrected chi connectivity index (χ1v) is 7.76. The van der Waals surface area contributed by atoms with Crippen molar-refractivity contribution in [2.75, 3.05) is 11.4 Å². The Kier molecular flexibility index (Phi) is 3.89. The van der Waals surface area contributed by atoms with Crippen LogP contribution < -0.4 is 4.90 Å². The lowest BCUT2D eigenvalue weighted by atomic mass is 9.80. The van der Waals surface area contributed by atoms with Crippen molar-refractivity contribution in [3.63, 3.8) is 0 Å². The van der Waals surface area contributed by atoms with Crippen molar-refractivity contribution in [1.29, 1.82) is 0 Å². The van der Waals surface area contributed by atoms with Crippen LogP contribution >= 0.6 is 11.6 Å². The number of benzene rings is 1. The molecule has 1 aliphatic heterocycles. The highest BCUT2D eigenvalue weighted by atomic mass is 35.5. The summed E-state index contributed by atoms with van der Waals surface area (Å²) in [6, 6.07) is 5.64. The Labute approximate surface area is 128 Å². The first-order chi connectivity index (χ1) is 10.1. The number of carbonyl (C=O) groups is 2. The Morgan fingerprint density at radius 2 is 2.00 bits per heavy atom. The first-order valence-electron chi connectivity index (χ1n) is 7.39. The highest BCUT2D eigenvalue weighted by molar-refractivity contribution is 6.31. The van der Waals surface area contributed by atoms with E-state index in [1.165, 1.54) is 0 Å². The summed E-state index contributed by atoms with van der Waals surface area (Å²) in [7, 11) is 0. The molecule has 0 bridgehead atoms. The van der Waals surface area contributed by atoms with Gasteiger partial charge in [-0.1, -0.05) is 24.1 Å². The number of aliphatic carboxylic acids is 1. The van der Waals surface area contributed by atoms with E-state index in [2.05, 4.69) is 0 Å². The summed E-state index contributed by atoms with van der Waals surface area (Å²) in [5.74, 6) is -1.28. The molecule has 112 valence electrons. The molecule has 3 rings (SSSR count). The van der Waals surface area contributed by atoms with Gasteiger partial charge in [-0.2, -0.15) is 0 Å². The fourth-order valence-electron chi connectivity index (χ4n) is 3.44. The van der Waals surface area contributed by atoms with E-state index in [1.54, 1.807) is 4.90 Å². The number of carboxylic acid groups (broad SMARTS) is 1. The number of carboxylic acids is 1. The number of hydrogen-bond donors (Lipinski definition) is 1. The van der Waals surface area contributed by atoms with Gasteiger partial charge in [0.2, 0.25) is 5.91 Å². The Bertz CT molecular complexity index is 587. The van der Waals surface area contributed by atoms with Gasteiger partial charge in [0.25, 0.3) is 0 Å². The maximum atomic E-state index is 12.7. The Hall–Kier alpha value is -1.55. The molecule has 1 aromatic carbocycles. The first kappa shape index (κ1) is 14.4. The number of anilines is 1. The van der Waals surface area contributed by atoms with Crippen molar-refractivity contribution in [3.8, 4) is 0 Å². The van der Waals surface area contributed by atoms with Crippen LogP contribution in [0.25, 0.3) is 0 Å². The number of halogens is 1. The molecule has 1 aromatic rings. The molecular formula is C16H18ClNO3. The summed E-state index contributed by atoms with van der Waals surface area (Å²) in [5.41, 5.74) is 2.03. The van der Waals surface area contributed by atoms with Gasteiger partial charge in [-0.3, -0.25) is 9.59 Å². The minimum atomic E-state index is -0.780. The van der Waals surface area contributed by atoms with Crippen molar-refractivity contribution in [2.24, 2.45) is 11.8 Å². The SMILES string of the molecule is O=C(O)C1CCCC(C(=O)N2CCc3ccc(Cl)cc32)C1. The Morgan fingerprint density at radius 1 is 1.24 bits per heavy atom. The molecule has 1 fully saturated rings. The molecule has 1 aliphatic carbocycles. The number of carbonyl (C=O) groups excluding carboxylic acids is 1. The zero-order chi connectivity index (χ0) is 15.0. The molecule has 21 heavy (non-hydrogen) atoms. The van der Waals surface area contributed by atoms with E-state index >= 15 is 0 Å². The van der Waals surface area contributed by atoms with Gasteiger partial charge >= 0.3 is 5.97 Å². The van der Waals surface area contributed by atoms with Crippen LogP contribution in [0, 0.1) is 11.8 Å². The normalized spacial score (nSPS) is 24.7. The van der Waals surface area contributed by atoms with Crippen LogP contribution in [-0.2, 0) is 16.0 Å². The average Bonchev–Trinajstić information content (AvgIpc) is 2.89. The van der Waals surface area contributed by atoms with Crippen LogP contribution in [0.1, 0.15) is 31.2 Å². The second kappa shape index (κ2) is 5.68. The number of fused-ring (bicyclic) bond motifs is 1. The van der Waals surface area contributed by atoms with E-state index in [-0.39, 0.29) is 17.7 Å². The Balaban J connectivity index is 1.78. The molecule has 0 radical (unpaired) electrons. The van der Waals surface area contributed by atoms with Gasteiger partial charge < -0.3 is 10.0 Å². The lowest BCUT2D eigenvalue weighted by Gasteiger charge is -2.29. The van der Waals surface area contributed by atoms with Crippen molar-refractivity contribution in [3.05, 3.63) is 28.8 Å². The van der Waals surface area contributed by atoms with E-state index in [0.717, 1.165) is 30.5 Å². The second-order valence-corrected chi connectivity index (χ2v) is 6.35. The van der Waals surface area contributed by atoms with Gasteiger partial charge in [-0.15, -0.1) is 0 Å². The van der Waals surface area contributed by atoms with Crippen molar-refractivity contribution in [2.45, 2.75) is 32.1 Å². The zero-order valence-electron chi connectivity index (χ0n) is 11.7. The van der Waals surface area contributed by atoms with Gasteiger partial charge in [0.05, 0.1) is 5.92 Å². The third-order valence-corrected chi connectivity index (χ3v) is 4.82. The minimum absolute atomic E-state index is 0.0574. The molecule has 2 aliphatic rings. The molecule has 2 unspecified atom stereocenters. The van der Waals surface area contributed by atoms with Gasteiger partial charge in [0, 0.05) is 23.2 Å². The Morgan fingerprint density at radius 3 is 2.76 bits per heavy atom. The monoisotopic (exact) mass is 307 g/mol. The lowest BCUT2D eigenvalue weighted by molar-refractivity contribution is -0.143. The van der Waals surface area contributed by atoms with Gasteiger partial charge in [-0.05, 0) is 43.4 Å². The summed E-state index contributed by atoms with van der Waals surface area (Å²) in [6.45, 7) is 0.669. The van der Waals surface area contributed by atoms with Gasteiger partial charge in [-0.25, -0.2) is 0 Å². The quantitative estimate of drug-likeness (QED) is 0.913. The minimum Gasteiger partial charge on any atom is -0.481 e. The van der Waals surface area contributed by atoms with Crippen molar-refractivity contribution >= 4 is 29.2 Å². The number of nitrogens with zero attached hydrogens (tertiary/aromatic N) is 1. The molecule has 1 amide bonds. The molecule has 1 heterocycles. The third-order valence-electron chi connectivity index (χ3n) is 4.58. The molecule has 0 aromatic heterocycles. The van der Waals surface area contributed by atoms with Crippen LogP contribution in [0.3, 0.4) is 0 Å². The van der Waals surface area contributed by atoms with E-state index in [0.29, 0.717) is 24.4 Å². The maximum absolute atomic E-state index is 12.7. The second-order valence-electron chi connectivity index (χ2n) is 5.91.